The fourth-order valence-electron chi connectivity index (χ4n) is 1.89. The number of benzene rings is 1. The maximum absolute atomic E-state index is 3.40. The Morgan fingerprint density at radius 1 is 0.941 bits per heavy atom. The Bertz CT molecular complexity index is 379. The van der Waals surface area contributed by atoms with Crippen LogP contribution in [0.4, 0.5) is 0 Å². The second-order valence-corrected chi connectivity index (χ2v) is 4.49. The van der Waals surface area contributed by atoms with Crippen LogP contribution in [0.15, 0.2) is 30.3 Å². The highest BCUT2D eigenvalue weighted by atomic mass is 14.7. The van der Waals surface area contributed by atoms with Gasteiger partial charge in [0.25, 0.3) is 0 Å². The Labute approximate surface area is 105 Å². The molecule has 0 saturated carbocycles. The number of fused-ring (bicyclic) bond motifs is 1. The number of hydrogen-bond acceptors (Lipinski definition) is 0. The van der Waals surface area contributed by atoms with E-state index in [1.54, 1.807) is 0 Å². The van der Waals surface area contributed by atoms with E-state index < -0.39 is 0 Å². The van der Waals surface area contributed by atoms with Gasteiger partial charge in [-0.1, -0.05) is 64.7 Å². The zero-order valence-corrected chi connectivity index (χ0v) is 11.4. The van der Waals surface area contributed by atoms with Crippen molar-refractivity contribution < 1.29 is 0 Å². The highest BCUT2D eigenvalue weighted by Crippen LogP contribution is 2.15. The third kappa shape index (κ3) is 4.64. The number of unbranched alkanes of at least 4 members (excludes halogenated alkanes) is 2. The minimum Gasteiger partial charge on any atom is -0.358 e. The molecule has 0 fully saturated rings. The molecule has 1 nitrogen and oxygen atoms in total. The topological polar surface area (TPSA) is 15.8 Å². The molecule has 1 heterocycles. The van der Waals surface area contributed by atoms with Crippen molar-refractivity contribution in [1.82, 2.24) is 4.98 Å². The van der Waals surface area contributed by atoms with Crippen LogP contribution in [0.2, 0.25) is 0 Å². The molecular formula is C16H25N. The van der Waals surface area contributed by atoms with Gasteiger partial charge in [-0.2, -0.15) is 0 Å². The van der Waals surface area contributed by atoms with Gasteiger partial charge in [-0.25, -0.2) is 0 Å². The van der Waals surface area contributed by atoms with Crippen LogP contribution >= 0.6 is 0 Å². The number of H-pyrrole nitrogens is 1. The third-order valence-electron chi connectivity index (χ3n) is 2.81. The Morgan fingerprint density at radius 3 is 2.18 bits per heavy atom. The molecule has 1 heteroatoms. The van der Waals surface area contributed by atoms with Gasteiger partial charge in [0.15, 0.2) is 0 Å². The van der Waals surface area contributed by atoms with Crippen LogP contribution in [0.25, 0.3) is 10.9 Å². The number of hydrogen-bond donors (Lipinski definition) is 1. The van der Waals surface area contributed by atoms with E-state index in [2.05, 4.69) is 56.1 Å². The summed E-state index contributed by atoms with van der Waals surface area (Å²) in [5.74, 6) is 0. The smallest absolute Gasteiger partial charge is 0.0456 e. The standard InChI is InChI=1S/C11H13N.C5H12/c1-2-5-10-8-9-6-3-4-7-11(9)12-10;1-3-5-4-2/h3-4,6-8,12H,2,5H2,1H3;3-5H2,1-2H3. The van der Waals surface area contributed by atoms with Gasteiger partial charge in [0, 0.05) is 11.2 Å². The summed E-state index contributed by atoms with van der Waals surface area (Å²) >= 11 is 0. The number of aromatic nitrogens is 1. The largest absolute Gasteiger partial charge is 0.358 e. The predicted molar refractivity (Wildman–Crippen MR) is 77.5 cm³/mol. The highest BCUT2D eigenvalue weighted by Gasteiger charge is 1.97. The Kier molecular flexibility index (Phi) is 6.46. The number of nitrogens with one attached hydrogen (secondary N) is 1. The predicted octanol–water partition coefficient (Wildman–Crippen LogP) is 5.32. The average molecular weight is 231 g/mol. The van der Waals surface area contributed by atoms with Gasteiger partial charge in [-0.15, -0.1) is 0 Å². The van der Waals surface area contributed by atoms with Crippen LogP contribution in [-0.2, 0) is 6.42 Å². The molecule has 0 atom stereocenters. The molecule has 0 radical (unpaired) electrons. The normalized spacial score (nSPS) is 10.1. The van der Waals surface area contributed by atoms with Crippen molar-refractivity contribution in [3.8, 4) is 0 Å². The Hall–Kier alpha value is -1.24. The summed E-state index contributed by atoms with van der Waals surface area (Å²) in [6.07, 6.45) is 6.43. The van der Waals surface area contributed by atoms with Crippen LogP contribution in [0.5, 0.6) is 0 Å². The molecule has 2 aromatic rings. The molecule has 17 heavy (non-hydrogen) atoms. The van der Waals surface area contributed by atoms with E-state index in [9.17, 15) is 0 Å². The molecule has 2 rings (SSSR count). The van der Waals surface area contributed by atoms with E-state index in [-0.39, 0.29) is 0 Å². The van der Waals surface area contributed by atoms with Crippen molar-refractivity contribution in [2.45, 2.75) is 52.9 Å². The first-order valence-corrected chi connectivity index (χ1v) is 6.88. The summed E-state index contributed by atoms with van der Waals surface area (Å²) < 4.78 is 0. The van der Waals surface area contributed by atoms with E-state index >= 15 is 0 Å². The number of aromatic amines is 1. The molecule has 0 bridgehead atoms. The molecule has 0 aliphatic carbocycles. The quantitative estimate of drug-likeness (QED) is 0.733. The molecular weight excluding hydrogens is 206 g/mol. The van der Waals surface area contributed by atoms with Crippen molar-refractivity contribution >= 4 is 10.9 Å². The number of rotatable bonds is 4. The van der Waals surface area contributed by atoms with E-state index in [0.717, 1.165) is 6.42 Å². The molecule has 0 aliphatic heterocycles. The van der Waals surface area contributed by atoms with Gasteiger partial charge in [0.2, 0.25) is 0 Å². The third-order valence-corrected chi connectivity index (χ3v) is 2.81. The molecule has 0 unspecified atom stereocenters. The van der Waals surface area contributed by atoms with Crippen LogP contribution < -0.4 is 0 Å². The maximum atomic E-state index is 3.40. The van der Waals surface area contributed by atoms with Crippen LogP contribution in [-0.4, -0.2) is 4.98 Å². The van der Waals surface area contributed by atoms with E-state index in [0.29, 0.717) is 0 Å². The average Bonchev–Trinajstić information content (AvgIpc) is 2.73. The lowest BCUT2D eigenvalue weighted by Crippen LogP contribution is -1.79. The first-order valence-electron chi connectivity index (χ1n) is 6.88. The molecule has 0 saturated heterocycles. The second kappa shape index (κ2) is 7.94. The van der Waals surface area contributed by atoms with Crippen molar-refractivity contribution in [2.75, 3.05) is 0 Å². The van der Waals surface area contributed by atoms with E-state index in [4.69, 9.17) is 0 Å². The molecule has 1 aromatic carbocycles. The summed E-state index contributed by atoms with van der Waals surface area (Å²) in [5, 5.41) is 1.32. The Balaban J connectivity index is 0.000000249. The maximum Gasteiger partial charge on any atom is 0.0456 e. The number of para-hydroxylation sites is 1. The first kappa shape index (κ1) is 13.8. The summed E-state index contributed by atoms with van der Waals surface area (Å²) in [6.45, 7) is 6.62. The monoisotopic (exact) mass is 231 g/mol. The van der Waals surface area contributed by atoms with Gasteiger partial charge in [-0.05, 0) is 23.9 Å². The van der Waals surface area contributed by atoms with Crippen molar-refractivity contribution in [3.05, 3.63) is 36.0 Å². The summed E-state index contributed by atoms with van der Waals surface area (Å²) in [5.41, 5.74) is 2.60. The molecule has 0 amide bonds. The summed E-state index contributed by atoms with van der Waals surface area (Å²) in [6, 6.07) is 10.6. The molecule has 1 N–H and O–H groups in total. The van der Waals surface area contributed by atoms with Crippen molar-refractivity contribution in [1.29, 1.82) is 0 Å². The minimum absolute atomic E-state index is 1.15. The molecule has 1 aromatic heterocycles. The zero-order valence-electron chi connectivity index (χ0n) is 11.4. The fourth-order valence-corrected chi connectivity index (χ4v) is 1.89. The molecule has 0 aliphatic rings. The van der Waals surface area contributed by atoms with Crippen LogP contribution in [0.1, 0.15) is 52.1 Å². The van der Waals surface area contributed by atoms with Crippen LogP contribution in [0.3, 0.4) is 0 Å². The van der Waals surface area contributed by atoms with Gasteiger partial charge in [-0.3, -0.25) is 0 Å². The number of aryl methyl sites for hydroxylation is 1. The second-order valence-electron chi connectivity index (χ2n) is 4.49. The van der Waals surface area contributed by atoms with Crippen molar-refractivity contribution in [2.24, 2.45) is 0 Å². The summed E-state index contributed by atoms with van der Waals surface area (Å²) in [4.78, 5) is 3.40. The minimum atomic E-state index is 1.15. The van der Waals surface area contributed by atoms with E-state index in [1.807, 2.05) is 0 Å². The van der Waals surface area contributed by atoms with Gasteiger partial charge in [0.05, 0.1) is 0 Å². The van der Waals surface area contributed by atoms with Gasteiger partial charge >= 0.3 is 0 Å². The van der Waals surface area contributed by atoms with E-state index in [1.165, 1.54) is 42.3 Å². The highest BCUT2D eigenvalue weighted by molar-refractivity contribution is 5.80. The fraction of sp³-hybridized carbons (Fsp3) is 0.500. The summed E-state index contributed by atoms with van der Waals surface area (Å²) in [7, 11) is 0. The lowest BCUT2D eigenvalue weighted by molar-refractivity contribution is 0.772. The zero-order chi connectivity index (χ0) is 12.5. The van der Waals surface area contributed by atoms with Gasteiger partial charge in [0.1, 0.15) is 0 Å². The lowest BCUT2D eigenvalue weighted by atomic mass is 10.2. The SMILES string of the molecule is CCCCC.CCCc1cc2ccccc2[nH]1. The first-order chi connectivity index (χ1) is 8.31. The Morgan fingerprint density at radius 2 is 1.65 bits per heavy atom. The van der Waals surface area contributed by atoms with Crippen molar-refractivity contribution in [3.63, 3.8) is 0 Å². The molecule has 0 spiro atoms. The lowest BCUT2D eigenvalue weighted by Gasteiger charge is -1.88. The molecule has 94 valence electrons. The van der Waals surface area contributed by atoms with Crippen LogP contribution in [0, 0.1) is 0 Å². The van der Waals surface area contributed by atoms with Gasteiger partial charge < -0.3 is 4.98 Å².